The minimum absolute atomic E-state index is 0.126. The van der Waals surface area contributed by atoms with Crippen LogP contribution in [0.15, 0.2) is 48.7 Å². The number of halogens is 1. The first kappa shape index (κ1) is 13.0. The molecule has 2 nitrogen and oxygen atoms in total. The molecule has 2 rings (SSSR count). The molecule has 0 atom stereocenters. The molecule has 0 saturated heterocycles. The normalized spacial score (nSPS) is 14.1. The van der Waals surface area contributed by atoms with Crippen molar-refractivity contribution in [1.29, 1.82) is 0 Å². The van der Waals surface area contributed by atoms with Crippen molar-refractivity contribution in [2.24, 2.45) is 0 Å². The number of hydrogen-bond acceptors (Lipinski definition) is 2. The van der Waals surface area contributed by atoms with Gasteiger partial charge in [-0.1, -0.05) is 18.6 Å². The molecule has 0 amide bonds. The van der Waals surface area contributed by atoms with Crippen LogP contribution in [0.2, 0.25) is 0 Å². The number of allylic oxidation sites excluding steroid dienone is 3. The van der Waals surface area contributed by atoms with E-state index in [4.69, 9.17) is 11.2 Å². The molecule has 1 aromatic carbocycles. The van der Waals surface area contributed by atoms with Crippen molar-refractivity contribution >= 4 is 5.70 Å². The summed E-state index contributed by atoms with van der Waals surface area (Å²) in [5.41, 5.74) is 2.07. The maximum absolute atomic E-state index is 14.1. The molecule has 0 fully saturated rings. The van der Waals surface area contributed by atoms with Crippen molar-refractivity contribution in [3.63, 3.8) is 0 Å². The molecule has 1 aliphatic heterocycles. The minimum atomic E-state index is -0.351. The molecule has 1 heterocycles. The molecule has 0 aliphatic carbocycles. The largest absolute Gasteiger partial charge is 0.481 e. The van der Waals surface area contributed by atoms with Crippen LogP contribution in [0.5, 0.6) is 5.75 Å². The van der Waals surface area contributed by atoms with Gasteiger partial charge in [-0.3, -0.25) is 0 Å². The fraction of sp³-hybridized carbons (Fsp3) is 0.125. The SMILES string of the molecule is C#CCOc1ccc(C2=CC=CC(=C)N2C)c(F)c1. The van der Waals surface area contributed by atoms with Crippen molar-refractivity contribution < 1.29 is 9.13 Å². The second kappa shape index (κ2) is 5.45. The number of benzene rings is 1. The van der Waals surface area contributed by atoms with Gasteiger partial charge in [0.05, 0.1) is 5.70 Å². The molecule has 0 aromatic heterocycles. The van der Waals surface area contributed by atoms with Gasteiger partial charge in [0.15, 0.2) is 0 Å². The lowest BCUT2D eigenvalue weighted by molar-refractivity contribution is 0.367. The average Bonchev–Trinajstić information content (AvgIpc) is 2.40. The number of ether oxygens (including phenoxy) is 1. The molecular weight excluding hydrogens is 241 g/mol. The van der Waals surface area contributed by atoms with E-state index in [0.717, 1.165) is 11.4 Å². The Balaban J connectivity index is 2.31. The van der Waals surface area contributed by atoms with Crippen LogP contribution in [0.25, 0.3) is 5.70 Å². The zero-order valence-electron chi connectivity index (χ0n) is 10.7. The summed E-state index contributed by atoms with van der Waals surface area (Å²) >= 11 is 0. The summed E-state index contributed by atoms with van der Waals surface area (Å²) in [6.45, 7) is 4.01. The van der Waals surface area contributed by atoms with Gasteiger partial charge in [-0.2, -0.15) is 0 Å². The summed E-state index contributed by atoms with van der Waals surface area (Å²) in [7, 11) is 1.85. The third-order valence-corrected chi connectivity index (χ3v) is 2.87. The average molecular weight is 255 g/mol. The summed E-state index contributed by atoms with van der Waals surface area (Å²) in [6, 6.07) is 4.71. The number of likely N-dealkylation sites (N-methyl/N-ethyl adjacent to an activating group) is 1. The lowest BCUT2D eigenvalue weighted by Crippen LogP contribution is -2.17. The lowest BCUT2D eigenvalue weighted by atomic mass is 10.1. The summed E-state index contributed by atoms with van der Waals surface area (Å²) < 4.78 is 19.3. The maximum atomic E-state index is 14.1. The van der Waals surface area contributed by atoms with Crippen molar-refractivity contribution in [3.8, 4) is 18.1 Å². The van der Waals surface area contributed by atoms with Crippen molar-refractivity contribution in [2.45, 2.75) is 0 Å². The van der Waals surface area contributed by atoms with E-state index >= 15 is 0 Å². The van der Waals surface area contributed by atoms with Gasteiger partial charge in [0.2, 0.25) is 0 Å². The Morgan fingerprint density at radius 3 is 2.95 bits per heavy atom. The van der Waals surface area contributed by atoms with Gasteiger partial charge in [0, 0.05) is 24.4 Å². The predicted octanol–water partition coefficient (Wildman–Crippen LogP) is 3.19. The van der Waals surface area contributed by atoms with Gasteiger partial charge in [0.25, 0.3) is 0 Å². The fourth-order valence-electron chi connectivity index (χ4n) is 1.82. The molecule has 0 unspecified atom stereocenters. The Morgan fingerprint density at radius 2 is 2.26 bits per heavy atom. The van der Waals surface area contributed by atoms with Gasteiger partial charge >= 0.3 is 0 Å². The number of rotatable bonds is 3. The van der Waals surface area contributed by atoms with E-state index in [1.807, 2.05) is 30.2 Å². The molecule has 0 radical (unpaired) electrons. The van der Waals surface area contributed by atoms with Crippen LogP contribution in [0.4, 0.5) is 4.39 Å². The number of nitrogens with zero attached hydrogens (tertiary/aromatic N) is 1. The second-order valence-electron chi connectivity index (χ2n) is 4.10. The Bertz CT molecular complexity index is 608. The maximum Gasteiger partial charge on any atom is 0.148 e. The zero-order chi connectivity index (χ0) is 13.8. The number of hydrogen-bond donors (Lipinski definition) is 0. The first-order chi connectivity index (χ1) is 9.13. The Kier molecular flexibility index (Phi) is 3.72. The highest BCUT2D eigenvalue weighted by Gasteiger charge is 2.15. The van der Waals surface area contributed by atoms with Crippen molar-refractivity contribution in [2.75, 3.05) is 13.7 Å². The van der Waals surface area contributed by atoms with Crippen molar-refractivity contribution in [1.82, 2.24) is 4.90 Å². The zero-order valence-corrected chi connectivity index (χ0v) is 10.7. The quantitative estimate of drug-likeness (QED) is 0.769. The van der Waals surface area contributed by atoms with E-state index < -0.39 is 0 Å². The molecule has 1 aliphatic rings. The molecule has 96 valence electrons. The summed E-state index contributed by atoms with van der Waals surface area (Å²) in [5, 5.41) is 0. The van der Waals surface area contributed by atoms with E-state index in [9.17, 15) is 4.39 Å². The first-order valence-corrected chi connectivity index (χ1v) is 5.80. The lowest BCUT2D eigenvalue weighted by Gasteiger charge is -2.26. The Morgan fingerprint density at radius 1 is 1.47 bits per heavy atom. The van der Waals surface area contributed by atoms with Crippen LogP contribution in [-0.4, -0.2) is 18.6 Å². The third kappa shape index (κ3) is 2.69. The second-order valence-corrected chi connectivity index (χ2v) is 4.10. The van der Waals surface area contributed by atoms with Crippen LogP contribution >= 0.6 is 0 Å². The molecule has 0 saturated carbocycles. The van der Waals surface area contributed by atoms with Crippen LogP contribution < -0.4 is 4.74 Å². The molecule has 0 spiro atoms. The summed E-state index contributed by atoms with van der Waals surface area (Å²) in [6.07, 6.45) is 10.6. The molecule has 0 N–H and O–H groups in total. The fourth-order valence-corrected chi connectivity index (χ4v) is 1.82. The molecule has 1 aromatic rings. The monoisotopic (exact) mass is 255 g/mol. The predicted molar refractivity (Wildman–Crippen MR) is 74.7 cm³/mol. The minimum Gasteiger partial charge on any atom is -0.481 e. The molecular formula is C16H14FNO. The Labute approximate surface area is 112 Å². The Hall–Kier alpha value is -2.47. The van der Waals surface area contributed by atoms with Crippen molar-refractivity contribution in [3.05, 3.63) is 60.1 Å². The van der Waals surface area contributed by atoms with Gasteiger partial charge < -0.3 is 9.64 Å². The molecule has 0 bridgehead atoms. The van der Waals surface area contributed by atoms with Gasteiger partial charge in [-0.15, -0.1) is 6.42 Å². The van der Waals surface area contributed by atoms with Crippen LogP contribution in [0.3, 0.4) is 0 Å². The molecule has 19 heavy (non-hydrogen) atoms. The van der Waals surface area contributed by atoms with Gasteiger partial charge in [-0.25, -0.2) is 4.39 Å². The number of terminal acetylenes is 1. The van der Waals surface area contributed by atoms with Crippen LogP contribution in [0.1, 0.15) is 5.56 Å². The molecule has 3 heteroatoms. The summed E-state index contributed by atoms with van der Waals surface area (Å²) in [4.78, 5) is 1.83. The smallest absolute Gasteiger partial charge is 0.148 e. The van der Waals surface area contributed by atoms with E-state index in [-0.39, 0.29) is 12.4 Å². The van der Waals surface area contributed by atoms with E-state index in [1.165, 1.54) is 6.07 Å². The van der Waals surface area contributed by atoms with E-state index in [1.54, 1.807) is 12.1 Å². The highest BCUT2D eigenvalue weighted by atomic mass is 19.1. The van der Waals surface area contributed by atoms with Gasteiger partial charge in [0.1, 0.15) is 18.2 Å². The van der Waals surface area contributed by atoms with E-state index in [2.05, 4.69) is 12.5 Å². The van der Waals surface area contributed by atoms with Crippen LogP contribution in [-0.2, 0) is 0 Å². The van der Waals surface area contributed by atoms with Gasteiger partial charge in [-0.05, 0) is 24.3 Å². The third-order valence-electron chi connectivity index (χ3n) is 2.87. The summed E-state index contributed by atoms with van der Waals surface area (Å²) in [5.74, 6) is 2.41. The standard InChI is InChI=1S/C16H14FNO/c1-4-10-19-13-8-9-14(15(17)11-13)16-7-5-6-12(2)18(16)3/h1,5-9,11H,2,10H2,3H3. The first-order valence-electron chi connectivity index (χ1n) is 5.80. The highest BCUT2D eigenvalue weighted by Crippen LogP contribution is 2.29. The highest BCUT2D eigenvalue weighted by molar-refractivity contribution is 5.70. The topological polar surface area (TPSA) is 12.5 Å². The van der Waals surface area contributed by atoms with E-state index in [0.29, 0.717) is 11.3 Å². The van der Waals surface area contributed by atoms with Crippen LogP contribution in [0, 0.1) is 18.2 Å².